The van der Waals surface area contributed by atoms with E-state index < -0.39 is 86.8 Å². The van der Waals surface area contributed by atoms with Crippen LogP contribution in [-0.4, -0.2) is 140 Å². The van der Waals surface area contributed by atoms with Gasteiger partial charge in [-0.25, -0.2) is 0 Å². The Morgan fingerprint density at radius 3 is 0.981 bits per heavy atom. The summed E-state index contributed by atoms with van der Waals surface area (Å²) in [4.78, 5) is 13.4. The molecule has 14 nitrogen and oxygen atoms in total. The first-order valence-corrected chi connectivity index (χ1v) is 43.7. The topological polar surface area (TPSA) is 228 Å². The van der Waals surface area contributed by atoms with Crippen LogP contribution in [-0.2, 0) is 23.7 Å². The molecule has 0 spiro atoms. The maximum absolute atomic E-state index is 13.4. The minimum Gasteiger partial charge on any atom is -0.394 e. The van der Waals surface area contributed by atoms with Crippen LogP contribution < -0.4 is 5.32 Å². The van der Waals surface area contributed by atoms with E-state index in [-0.39, 0.29) is 18.9 Å². The molecular formula is C94H159NO13. The Bertz CT molecular complexity index is 2440. The second kappa shape index (κ2) is 75.3. The zero-order valence-corrected chi connectivity index (χ0v) is 68.0. The Balaban J connectivity index is 1.63. The zero-order chi connectivity index (χ0) is 77.9. The number of unbranched alkanes of at least 4 members (excludes halogenated alkanes) is 35. The largest absolute Gasteiger partial charge is 0.394 e. The zero-order valence-electron chi connectivity index (χ0n) is 68.0. The van der Waals surface area contributed by atoms with Crippen LogP contribution in [0.15, 0.2) is 158 Å². The van der Waals surface area contributed by atoms with Crippen molar-refractivity contribution in [3.05, 3.63) is 158 Å². The maximum Gasteiger partial charge on any atom is 0.220 e. The summed E-state index contributed by atoms with van der Waals surface area (Å²) in [5, 5.41) is 87.8. The summed E-state index contributed by atoms with van der Waals surface area (Å²) in [7, 11) is 0. The predicted octanol–water partition coefficient (Wildman–Crippen LogP) is 21.2. The third-order valence-corrected chi connectivity index (χ3v) is 20.2. The van der Waals surface area contributed by atoms with Gasteiger partial charge in [-0.15, -0.1) is 0 Å². The van der Waals surface area contributed by atoms with Gasteiger partial charge in [0.15, 0.2) is 12.6 Å². The minimum absolute atomic E-state index is 0.242. The van der Waals surface area contributed by atoms with Crippen LogP contribution >= 0.6 is 0 Å². The van der Waals surface area contributed by atoms with E-state index in [9.17, 15) is 45.6 Å². The fraction of sp³-hybridized carbons (Fsp3) is 0.713. The quantitative estimate of drug-likeness (QED) is 0.0204. The average molecular weight is 1510 g/mol. The van der Waals surface area contributed by atoms with Gasteiger partial charge in [-0.3, -0.25) is 4.79 Å². The number of carbonyl (C=O) groups excluding carboxylic acids is 1. The number of amides is 1. The minimum atomic E-state index is -1.80. The van der Waals surface area contributed by atoms with Crippen molar-refractivity contribution in [3.8, 4) is 0 Å². The molecule has 12 atom stereocenters. The molecule has 108 heavy (non-hydrogen) atoms. The molecule has 0 aliphatic carbocycles. The molecule has 0 aromatic heterocycles. The third kappa shape index (κ3) is 56.8. The molecule has 0 bridgehead atoms. The number of hydrogen-bond acceptors (Lipinski definition) is 13. The highest BCUT2D eigenvalue weighted by molar-refractivity contribution is 5.76. The highest BCUT2D eigenvalue weighted by Gasteiger charge is 2.51. The standard InChI is InChI=1S/C94H159NO13/c1-3-5-7-9-11-13-15-17-19-21-23-25-27-29-31-33-35-37-38-39-40-41-42-43-44-46-48-50-52-54-56-58-60-62-64-66-68-70-72-74-76-78-86(99)95-82(81-105-93-91(104)89(102)92(85(80-97)107-93)108-94-90(103)88(101)87(100)84(79-96)106-94)83(98)77-75-73-71-69-67-65-63-61-59-57-55-53-51-49-47-45-36-34-32-30-28-26-24-22-20-18-16-14-12-10-8-6-4-2/h5,7,11,13,17,19,23,25,29,31,35,37,39-40,42-43,46,48,52,54,58,60,64,66,75,77,82-85,87-94,96-98,100-104H,3-4,6,8-10,12,14-16,18,20-22,24,26-28,30,32-34,36,38,41,44-45,47,49-51,53,55-57,59,61-63,65,67-74,76,78-81H2,1-2H3,(H,95,99)/b7-5-,13-11-,19-17-,25-23-,31-29-,37-35-,40-39-,43-42-,48-46-,54-52-,60-58-,66-64-,77-75+. The van der Waals surface area contributed by atoms with Gasteiger partial charge in [0, 0.05) is 6.42 Å². The van der Waals surface area contributed by atoms with Crippen molar-refractivity contribution < 1.29 is 64.6 Å². The summed E-state index contributed by atoms with van der Waals surface area (Å²) in [6, 6.07) is -0.943. The first-order valence-electron chi connectivity index (χ1n) is 43.7. The third-order valence-electron chi connectivity index (χ3n) is 20.2. The lowest BCUT2D eigenvalue weighted by Crippen LogP contribution is -2.65. The van der Waals surface area contributed by atoms with Crippen molar-refractivity contribution in [2.45, 2.75) is 408 Å². The summed E-state index contributed by atoms with van der Waals surface area (Å²) < 4.78 is 22.9. The van der Waals surface area contributed by atoms with E-state index in [0.29, 0.717) is 6.42 Å². The monoisotopic (exact) mass is 1510 g/mol. The van der Waals surface area contributed by atoms with Crippen LogP contribution in [0.4, 0.5) is 0 Å². The molecule has 618 valence electrons. The second-order valence-corrected chi connectivity index (χ2v) is 29.9. The van der Waals surface area contributed by atoms with Crippen molar-refractivity contribution in [3.63, 3.8) is 0 Å². The lowest BCUT2D eigenvalue weighted by molar-refractivity contribution is -0.359. The molecule has 9 N–H and O–H groups in total. The fourth-order valence-electron chi connectivity index (χ4n) is 13.4. The summed E-state index contributed by atoms with van der Waals surface area (Å²) in [5.74, 6) is -0.266. The molecule has 2 heterocycles. The number of rotatable bonds is 72. The van der Waals surface area contributed by atoms with Gasteiger partial charge in [-0.1, -0.05) is 377 Å². The van der Waals surface area contributed by atoms with E-state index in [1.807, 2.05) is 6.08 Å². The van der Waals surface area contributed by atoms with Gasteiger partial charge in [0.1, 0.15) is 48.8 Å². The van der Waals surface area contributed by atoms with Crippen LogP contribution in [0.5, 0.6) is 0 Å². The van der Waals surface area contributed by atoms with E-state index in [1.165, 1.54) is 186 Å². The highest BCUT2D eigenvalue weighted by atomic mass is 16.7. The van der Waals surface area contributed by atoms with E-state index in [2.05, 4.69) is 165 Å². The predicted molar refractivity (Wildman–Crippen MR) is 451 cm³/mol. The Morgan fingerprint density at radius 2 is 0.639 bits per heavy atom. The van der Waals surface area contributed by atoms with Crippen molar-refractivity contribution in [1.82, 2.24) is 5.32 Å². The van der Waals surface area contributed by atoms with Crippen molar-refractivity contribution in [1.29, 1.82) is 0 Å². The summed E-state index contributed by atoms with van der Waals surface area (Å²) in [6.07, 6.45) is 99.0. The van der Waals surface area contributed by atoms with E-state index >= 15 is 0 Å². The number of hydrogen-bond donors (Lipinski definition) is 9. The first kappa shape index (κ1) is 99.7. The van der Waals surface area contributed by atoms with Crippen LogP contribution in [0, 0.1) is 0 Å². The number of aliphatic hydroxyl groups is 8. The van der Waals surface area contributed by atoms with Gasteiger partial charge in [-0.05, 0) is 109 Å². The Labute approximate surface area is 658 Å². The number of carbonyl (C=O) groups is 1. The number of nitrogens with one attached hydrogen (secondary N) is 1. The van der Waals surface area contributed by atoms with Gasteiger partial charge in [-0.2, -0.15) is 0 Å². The molecule has 1 amide bonds. The van der Waals surface area contributed by atoms with E-state index in [4.69, 9.17) is 18.9 Å². The molecule has 0 aromatic rings. The lowest BCUT2D eigenvalue weighted by Gasteiger charge is -2.46. The normalized spacial score (nSPS) is 21.9. The first-order chi connectivity index (χ1) is 53.1. The van der Waals surface area contributed by atoms with E-state index in [1.54, 1.807) is 6.08 Å². The maximum atomic E-state index is 13.4. The molecule has 2 saturated heterocycles. The Hall–Kier alpha value is -4.39. The molecule has 0 aromatic carbocycles. The Kier molecular flexibility index (Phi) is 69.5. The van der Waals surface area contributed by atoms with Crippen LogP contribution in [0.25, 0.3) is 0 Å². The summed E-state index contributed by atoms with van der Waals surface area (Å²) >= 11 is 0. The van der Waals surface area contributed by atoms with Crippen LogP contribution in [0.1, 0.15) is 335 Å². The van der Waals surface area contributed by atoms with Gasteiger partial charge in [0.2, 0.25) is 5.91 Å². The number of ether oxygens (including phenoxy) is 4. The molecule has 2 aliphatic rings. The van der Waals surface area contributed by atoms with Crippen molar-refractivity contribution in [2.24, 2.45) is 0 Å². The SMILES string of the molecule is CC/C=C\C/C=C\C/C=C\C/C=C\C/C=C\C/C=C\C/C=C\C/C=C\C/C=C\C/C=C\C/C=C\C/C=C\CCCCCCC(=O)NC(COC1OC(CO)C(OC2OC(CO)C(O)C(O)C2O)C(O)C1O)C(O)/C=C/CCCCCCCCCCCCCCCCCCCCCCCCCCCCCCCCC. The van der Waals surface area contributed by atoms with Crippen LogP contribution in [0.2, 0.25) is 0 Å². The molecular weight excluding hydrogens is 1350 g/mol. The van der Waals surface area contributed by atoms with E-state index in [0.717, 1.165) is 122 Å². The molecule has 12 unspecified atom stereocenters. The molecule has 14 heteroatoms. The fourth-order valence-corrected chi connectivity index (χ4v) is 13.4. The molecule has 2 fully saturated rings. The van der Waals surface area contributed by atoms with Gasteiger partial charge >= 0.3 is 0 Å². The highest BCUT2D eigenvalue weighted by Crippen LogP contribution is 2.30. The number of aliphatic hydroxyl groups excluding tert-OH is 8. The van der Waals surface area contributed by atoms with Crippen molar-refractivity contribution >= 4 is 5.91 Å². The molecule has 0 radical (unpaired) electrons. The van der Waals surface area contributed by atoms with Crippen molar-refractivity contribution in [2.75, 3.05) is 19.8 Å². The van der Waals surface area contributed by atoms with Gasteiger partial charge < -0.3 is 65.1 Å². The molecule has 0 saturated carbocycles. The number of allylic oxidation sites excluding steroid dienone is 25. The smallest absolute Gasteiger partial charge is 0.220 e. The van der Waals surface area contributed by atoms with Gasteiger partial charge in [0.25, 0.3) is 0 Å². The summed E-state index contributed by atoms with van der Waals surface area (Å²) in [5.41, 5.74) is 0. The van der Waals surface area contributed by atoms with Gasteiger partial charge in [0.05, 0.1) is 32.0 Å². The summed E-state index contributed by atoms with van der Waals surface area (Å²) in [6.45, 7) is 2.70. The lowest BCUT2D eigenvalue weighted by atomic mass is 9.97. The Morgan fingerprint density at radius 1 is 0.343 bits per heavy atom. The molecule has 2 rings (SSSR count). The molecule has 2 aliphatic heterocycles. The van der Waals surface area contributed by atoms with Crippen LogP contribution in [0.3, 0.4) is 0 Å². The average Bonchev–Trinajstić information content (AvgIpc) is 0.789. The second-order valence-electron chi connectivity index (χ2n) is 29.9.